The number of rotatable bonds is 3. The Labute approximate surface area is 92.0 Å². The minimum absolute atomic E-state index is 0.0960. The Morgan fingerprint density at radius 2 is 1.88 bits per heavy atom. The van der Waals surface area contributed by atoms with E-state index in [-0.39, 0.29) is 22.7 Å². The van der Waals surface area contributed by atoms with Crippen LogP contribution in [0.15, 0.2) is 12.1 Å². The van der Waals surface area contributed by atoms with Crippen LogP contribution >= 0.6 is 0 Å². The van der Waals surface area contributed by atoms with Crippen LogP contribution in [0.4, 0.5) is 4.39 Å². The molecule has 0 unspecified atom stereocenters. The molecule has 0 aliphatic heterocycles. The molecule has 0 fully saturated rings. The van der Waals surface area contributed by atoms with Gasteiger partial charge in [-0.3, -0.25) is 4.79 Å². The Bertz CT molecular complexity index is 440. The van der Waals surface area contributed by atoms with E-state index in [0.717, 1.165) is 6.07 Å². The number of hydrogen-bond donors (Lipinski definition) is 0. The highest BCUT2D eigenvalue weighted by Crippen LogP contribution is 2.25. The molecular weight excluding hydrogens is 215 g/mol. The Balaban J connectivity index is 3.42. The van der Waals surface area contributed by atoms with Crippen molar-refractivity contribution in [2.45, 2.75) is 6.92 Å². The molecule has 0 amide bonds. The van der Waals surface area contributed by atoms with Gasteiger partial charge in [0.15, 0.2) is 17.3 Å². The second-order valence-corrected chi connectivity index (χ2v) is 3.09. The number of carbonyl (C=O) groups excluding carboxylic acids is 2. The van der Waals surface area contributed by atoms with Crippen LogP contribution in [0.3, 0.4) is 0 Å². The molecule has 0 atom stereocenters. The van der Waals surface area contributed by atoms with Crippen molar-refractivity contribution in [1.29, 1.82) is 0 Å². The molecule has 0 aromatic heterocycles. The first-order valence-corrected chi connectivity index (χ1v) is 4.48. The lowest BCUT2D eigenvalue weighted by Crippen LogP contribution is -2.08. The molecule has 0 N–H and O–H groups in total. The van der Waals surface area contributed by atoms with Crippen LogP contribution in [0.25, 0.3) is 0 Å². The zero-order valence-electron chi connectivity index (χ0n) is 9.17. The van der Waals surface area contributed by atoms with Crippen molar-refractivity contribution in [3.63, 3.8) is 0 Å². The Hall–Kier alpha value is -1.91. The van der Waals surface area contributed by atoms with Crippen molar-refractivity contribution in [3.8, 4) is 5.75 Å². The van der Waals surface area contributed by atoms with E-state index in [1.165, 1.54) is 27.2 Å². The van der Waals surface area contributed by atoms with Crippen LogP contribution in [-0.4, -0.2) is 26.0 Å². The van der Waals surface area contributed by atoms with Crippen LogP contribution in [0.2, 0.25) is 0 Å². The fraction of sp³-hybridized carbons (Fsp3) is 0.273. The van der Waals surface area contributed by atoms with Crippen molar-refractivity contribution in [1.82, 2.24) is 0 Å². The molecule has 86 valence electrons. The molecule has 0 heterocycles. The van der Waals surface area contributed by atoms with Gasteiger partial charge in [0.05, 0.1) is 14.2 Å². The first-order valence-electron chi connectivity index (χ1n) is 4.48. The van der Waals surface area contributed by atoms with Crippen LogP contribution < -0.4 is 4.74 Å². The summed E-state index contributed by atoms with van der Waals surface area (Å²) >= 11 is 0. The predicted octanol–water partition coefficient (Wildman–Crippen LogP) is 1.82. The molecule has 0 saturated carbocycles. The van der Waals surface area contributed by atoms with Gasteiger partial charge in [-0.2, -0.15) is 0 Å². The topological polar surface area (TPSA) is 52.6 Å². The van der Waals surface area contributed by atoms with Gasteiger partial charge in [0.1, 0.15) is 5.56 Å². The van der Waals surface area contributed by atoms with E-state index in [4.69, 9.17) is 4.74 Å². The average Bonchev–Trinajstić information content (AvgIpc) is 2.26. The largest absolute Gasteiger partial charge is 0.493 e. The van der Waals surface area contributed by atoms with Gasteiger partial charge in [-0.05, 0) is 19.1 Å². The van der Waals surface area contributed by atoms with Crippen LogP contribution in [0.5, 0.6) is 5.75 Å². The molecule has 1 aromatic rings. The SMILES string of the molecule is COC(=O)c1cc(C(C)=O)cc(F)c1OC. The number of benzene rings is 1. The molecule has 0 aliphatic rings. The van der Waals surface area contributed by atoms with Gasteiger partial charge in [0, 0.05) is 5.56 Å². The van der Waals surface area contributed by atoms with Crippen LogP contribution in [0.1, 0.15) is 27.6 Å². The Morgan fingerprint density at radius 3 is 2.31 bits per heavy atom. The molecule has 0 saturated heterocycles. The minimum Gasteiger partial charge on any atom is -0.493 e. The summed E-state index contributed by atoms with van der Waals surface area (Å²) in [6.07, 6.45) is 0. The lowest BCUT2D eigenvalue weighted by molar-refractivity contribution is 0.0596. The molecule has 1 rings (SSSR count). The summed E-state index contributed by atoms with van der Waals surface area (Å²) in [7, 11) is 2.40. The maximum atomic E-state index is 13.5. The first kappa shape index (κ1) is 12.2. The maximum Gasteiger partial charge on any atom is 0.341 e. The lowest BCUT2D eigenvalue weighted by Gasteiger charge is -2.09. The molecule has 16 heavy (non-hydrogen) atoms. The number of hydrogen-bond acceptors (Lipinski definition) is 4. The summed E-state index contributed by atoms with van der Waals surface area (Å²) in [5, 5.41) is 0. The molecule has 0 aliphatic carbocycles. The van der Waals surface area contributed by atoms with Gasteiger partial charge in [-0.15, -0.1) is 0 Å². The quantitative estimate of drug-likeness (QED) is 0.582. The van der Waals surface area contributed by atoms with Crippen molar-refractivity contribution in [2.75, 3.05) is 14.2 Å². The van der Waals surface area contributed by atoms with E-state index in [0.29, 0.717) is 0 Å². The van der Waals surface area contributed by atoms with E-state index >= 15 is 0 Å². The van der Waals surface area contributed by atoms with Gasteiger partial charge in [0.2, 0.25) is 0 Å². The standard InChI is InChI=1S/C11H11FO4/c1-6(13)7-4-8(11(14)16-3)10(15-2)9(12)5-7/h4-5H,1-3H3. The minimum atomic E-state index is -0.768. The number of ketones is 1. The van der Waals surface area contributed by atoms with E-state index in [1.54, 1.807) is 0 Å². The van der Waals surface area contributed by atoms with Gasteiger partial charge < -0.3 is 9.47 Å². The van der Waals surface area contributed by atoms with Crippen LogP contribution in [-0.2, 0) is 4.74 Å². The van der Waals surface area contributed by atoms with Crippen molar-refractivity contribution >= 4 is 11.8 Å². The summed E-state index contributed by atoms with van der Waals surface area (Å²) < 4.78 is 22.7. The summed E-state index contributed by atoms with van der Waals surface area (Å²) in [6.45, 7) is 1.28. The van der Waals surface area contributed by atoms with E-state index in [2.05, 4.69) is 4.74 Å². The highest BCUT2D eigenvalue weighted by Gasteiger charge is 2.19. The summed E-state index contributed by atoms with van der Waals surface area (Å²) in [4.78, 5) is 22.4. The summed E-state index contributed by atoms with van der Waals surface area (Å²) in [5.74, 6) is -2.09. The van der Waals surface area contributed by atoms with Crippen molar-refractivity contribution in [2.24, 2.45) is 0 Å². The van der Waals surface area contributed by atoms with Crippen LogP contribution in [0, 0.1) is 5.82 Å². The van der Waals surface area contributed by atoms with Crippen molar-refractivity contribution in [3.05, 3.63) is 29.1 Å². The monoisotopic (exact) mass is 226 g/mol. The molecule has 4 nitrogen and oxygen atoms in total. The second kappa shape index (κ2) is 4.74. The molecule has 0 radical (unpaired) electrons. The van der Waals surface area contributed by atoms with Crippen molar-refractivity contribution < 1.29 is 23.5 Å². The zero-order valence-corrected chi connectivity index (χ0v) is 9.17. The number of methoxy groups -OCH3 is 2. The molecule has 5 heteroatoms. The fourth-order valence-electron chi connectivity index (χ4n) is 1.27. The number of Topliss-reactive ketones (excluding diaryl/α,β-unsaturated/α-hetero) is 1. The lowest BCUT2D eigenvalue weighted by atomic mass is 10.1. The number of esters is 1. The maximum absolute atomic E-state index is 13.5. The number of halogens is 1. The smallest absolute Gasteiger partial charge is 0.341 e. The van der Waals surface area contributed by atoms with Gasteiger partial charge in [-0.1, -0.05) is 0 Å². The highest BCUT2D eigenvalue weighted by molar-refractivity contribution is 5.99. The van der Waals surface area contributed by atoms with Gasteiger partial charge in [-0.25, -0.2) is 9.18 Å². The summed E-state index contributed by atoms with van der Waals surface area (Å²) in [5.41, 5.74) is -0.00565. The molecule has 0 bridgehead atoms. The molecule has 1 aromatic carbocycles. The predicted molar refractivity (Wildman–Crippen MR) is 54.3 cm³/mol. The highest BCUT2D eigenvalue weighted by atomic mass is 19.1. The number of carbonyl (C=O) groups is 2. The Kier molecular flexibility index (Phi) is 3.60. The third-order valence-electron chi connectivity index (χ3n) is 2.06. The number of ether oxygens (including phenoxy) is 2. The van der Waals surface area contributed by atoms with Gasteiger partial charge in [0.25, 0.3) is 0 Å². The third-order valence-corrected chi connectivity index (χ3v) is 2.06. The van der Waals surface area contributed by atoms with E-state index in [1.807, 2.05) is 0 Å². The normalized spacial score (nSPS) is 9.75. The fourth-order valence-corrected chi connectivity index (χ4v) is 1.27. The first-order chi connectivity index (χ1) is 7.51. The average molecular weight is 226 g/mol. The third kappa shape index (κ3) is 2.18. The Morgan fingerprint density at radius 1 is 1.25 bits per heavy atom. The second-order valence-electron chi connectivity index (χ2n) is 3.09. The molecule has 0 spiro atoms. The molecular formula is C11H11FO4. The van der Waals surface area contributed by atoms with E-state index < -0.39 is 11.8 Å². The zero-order chi connectivity index (χ0) is 12.3. The van der Waals surface area contributed by atoms with E-state index in [9.17, 15) is 14.0 Å². The summed E-state index contributed by atoms with van der Waals surface area (Å²) in [6, 6.07) is 2.27. The van der Waals surface area contributed by atoms with Gasteiger partial charge >= 0.3 is 5.97 Å².